The molecular weight excluding hydrogens is 352 g/mol. The topological polar surface area (TPSA) is 71.8 Å². The van der Waals surface area contributed by atoms with E-state index in [-0.39, 0.29) is 23.2 Å². The molecule has 2 amide bonds. The number of carbonyl (C=O) groups is 2. The number of amides is 2. The van der Waals surface area contributed by atoms with Gasteiger partial charge in [-0.05, 0) is 36.8 Å². The average Bonchev–Trinajstić information content (AvgIpc) is 3.26. The SMILES string of the molecule is COC[C@H](C)NC(=O)c1ccc([C@@H]2SCC(=O)N2Cc2ccco2)cc1. The number of carbonyl (C=O) groups excluding carboxylic acids is 2. The zero-order chi connectivity index (χ0) is 18.5. The highest BCUT2D eigenvalue weighted by Gasteiger charge is 2.33. The Bertz CT molecular complexity index is 745. The molecule has 1 aromatic heterocycles. The molecule has 1 aromatic carbocycles. The molecule has 1 fully saturated rings. The Labute approximate surface area is 156 Å². The van der Waals surface area contributed by atoms with E-state index in [9.17, 15) is 9.59 Å². The molecule has 0 spiro atoms. The third-order valence-electron chi connectivity index (χ3n) is 4.13. The summed E-state index contributed by atoms with van der Waals surface area (Å²) >= 11 is 1.58. The minimum Gasteiger partial charge on any atom is -0.467 e. The van der Waals surface area contributed by atoms with E-state index in [4.69, 9.17) is 9.15 Å². The molecule has 0 unspecified atom stereocenters. The summed E-state index contributed by atoms with van der Waals surface area (Å²) < 4.78 is 10.4. The highest BCUT2D eigenvalue weighted by Crippen LogP contribution is 2.39. The molecule has 0 aliphatic carbocycles. The summed E-state index contributed by atoms with van der Waals surface area (Å²) in [7, 11) is 1.60. The molecule has 3 rings (SSSR count). The fourth-order valence-corrected chi connectivity index (χ4v) is 4.06. The van der Waals surface area contributed by atoms with E-state index >= 15 is 0 Å². The summed E-state index contributed by atoms with van der Waals surface area (Å²) in [6.45, 7) is 2.80. The van der Waals surface area contributed by atoms with Crippen LogP contribution in [-0.2, 0) is 16.1 Å². The predicted octanol–water partition coefficient (Wildman–Crippen LogP) is 2.82. The number of hydrogen-bond donors (Lipinski definition) is 1. The first-order valence-corrected chi connectivity index (χ1v) is 9.46. The van der Waals surface area contributed by atoms with Gasteiger partial charge in [0.15, 0.2) is 0 Å². The second-order valence-electron chi connectivity index (χ2n) is 6.22. The molecular formula is C19H22N2O4S. The van der Waals surface area contributed by atoms with Crippen LogP contribution in [-0.4, -0.2) is 42.2 Å². The molecule has 0 saturated carbocycles. The van der Waals surface area contributed by atoms with Crippen LogP contribution in [0.2, 0.25) is 0 Å². The Kier molecular flexibility index (Phi) is 6.00. The Morgan fingerprint density at radius 3 is 2.81 bits per heavy atom. The van der Waals surface area contributed by atoms with E-state index in [2.05, 4.69) is 5.32 Å². The molecule has 2 atom stereocenters. The summed E-state index contributed by atoms with van der Waals surface area (Å²) in [5, 5.41) is 2.81. The minimum absolute atomic E-state index is 0.0565. The number of hydrogen-bond acceptors (Lipinski definition) is 5. The molecule has 1 saturated heterocycles. The highest BCUT2D eigenvalue weighted by atomic mass is 32.2. The van der Waals surface area contributed by atoms with Crippen LogP contribution < -0.4 is 5.32 Å². The maximum absolute atomic E-state index is 12.2. The van der Waals surface area contributed by atoms with Gasteiger partial charge in [0.25, 0.3) is 5.91 Å². The molecule has 2 heterocycles. The van der Waals surface area contributed by atoms with Gasteiger partial charge in [-0.15, -0.1) is 11.8 Å². The number of thioether (sulfide) groups is 1. The highest BCUT2D eigenvalue weighted by molar-refractivity contribution is 8.00. The van der Waals surface area contributed by atoms with E-state index < -0.39 is 0 Å². The lowest BCUT2D eigenvalue weighted by molar-refractivity contribution is -0.128. The molecule has 2 aromatic rings. The van der Waals surface area contributed by atoms with Crippen molar-refractivity contribution in [3.63, 3.8) is 0 Å². The van der Waals surface area contributed by atoms with Crippen molar-refractivity contribution in [1.82, 2.24) is 10.2 Å². The van der Waals surface area contributed by atoms with E-state index in [1.54, 1.807) is 42.2 Å². The Morgan fingerprint density at radius 2 is 2.15 bits per heavy atom. The maximum Gasteiger partial charge on any atom is 0.251 e. The van der Waals surface area contributed by atoms with Gasteiger partial charge in [-0.3, -0.25) is 9.59 Å². The maximum atomic E-state index is 12.2. The van der Waals surface area contributed by atoms with Crippen LogP contribution in [0.25, 0.3) is 0 Å². The first-order chi connectivity index (χ1) is 12.6. The number of furan rings is 1. The normalized spacial score (nSPS) is 18.2. The number of rotatable bonds is 7. The van der Waals surface area contributed by atoms with Crippen molar-refractivity contribution < 1.29 is 18.7 Å². The van der Waals surface area contributed by atoms with E-state index in [0.717, 1.165) is 11.3 Å². The average molecular weight is 374 g/mol. The Balaban J connectivity index is 1.69. The van der Waals surface area contributed by atoms with Crippen molar-refractivity contribution in [2.75, 3.05) is 19.5 Å². The second-order valence-corrected chi connectivity index (χ2v) is 7.28. The third kappa shape index (κ3) is 4.28. The fraction of sp³-hybridized carbons (Fsp3) is 0.368. The van der Waals surface area contributed by atoms with Crippen LogP contribution in [0.4, 0.5) is 0 Å². The van der Waals surface area contributed by atoms with Crippen LogP contribution >= 0.6 is 11.8 Å². The van der Waals surface area contributed by atoms with Crippen molar-refractivity contribution >= 4 is 23.6 Å². The molecule has 1 N–H and O–H groups in total. The van der Waals surface area contributed by atoms with Crippen molar-refractivity contribution in [1.29, 1.82) is 0 Å². The summed E-state index contributed by atoms with van der Waals surface area (Å²) in [6.07, 6.45) is 1.61. The lowest BCUT2D eigenvalue weighted by Crippen LogP contribution is -2.35. The van der Waals surface area contributed by atoms with Crippen molar-refractivity contribution in [2.24, 2.45) is 0 Å². The fourth-order valence-electron chi connectivity index (χ4n) is 2.87. The van der Waals surface area contributed by atoms with Crippen molar-refractivity contribution in [3.8, 4) is 0 Å². The summed E-state index contributed by atoms with van der Waals surface area (Å²) in [5.74, 6) is 1.16. The van der Waals surface area contributed by atoms with Gasteiger partial charge in [-0.2, -0.15) is 0 Å². The molecule has 1 aliphatic rings. The van der Waals surface area contributed by atoms with Crippen LogP contribution in [0.15, 0.2) is 47.1 Å². The summed E-state index contributed by atoms with van der Waals surface area (Å²) in [4.78, 5) is 26.3. The van der Waals surface area contributed by atoms with E-state index in [0.29, 0.717) is 24.5 Å². The van der Waals surface area contributed by atoms with Gasteiger partial charge >= 0.3 is 0 Å². The Morgan fingerprint density at radius 1 is 1.38 bits per heavy atom. The van der Waals surface area contributed by atoms with Gasteiger partial charge in [0.05, 0.1) is 25.2 Å². The summed E-state index contributed by atoms with van der Waals surface area (Å²) in [5.41, 5.74) is 1.58. The lowest BCUT2D eigenvalue weighted by Gasteiger charge is -2.23. The van der Waals surface area contributed by atoms with Gasteiger partial charge in [-0.1, -0.05) is 12.1 Å². The van der Waals surface area contributed by atoms with Gasteiger partial charge in [0.1, 0.15) is 11.1 Å². The zero-order valence-corrected chi connectivity index (χ0v) is 15.6. The second kappa shape index (κ2) is 8.42. The van der Waals surface area contributed by atoms with Crippen molar-refractivity contribution in [2.45, 2.75) is 24.9 Å². The quantitative estimate of drug-likeness (QED) is 0.807. The summed E-state index contributed by atoms with van der Waals surface area (Å²) in [6, 6.07) is 11.0. The predicted molar refractivity (Wildman–Crippen MR) is 99.7 cm³/mol. The Hall–Kier alpha value is -2.25. The zero-order valence-electron chi connectivity index (χ0n) is 14.8. The lowest BCUT2D eigenvalue weighted by atomic mass is 10.1. The number of benzene rings is 1. The first-order valence-electron chi connectivity index (χ1n) is 8.41. The van der Waals surface area contributed by atoms with Gasteiger partial charge in [0, 0.05) is 18.7 Å². The van der Waals surface area contributed by atoms with Crippen LogP contribution in [0, 0.1) is 0 Å². The molecule has 7 heteroatoms. The van der Waals surface area contributed by atoms with Gasteiger partial charge in [-0.25, -0.2) is 0 Å². The smallest absolute Gasteiger partial charge is 0.251 e. The number of nitrogens with one attached hydrogen (secondary N) is 1. The van der Waals surface area contributed by atoms with Crippen LogP contribution in [0.1, 0.15) is 34.0 Å². The number of ether oxygens (including phenoxy) is 1. The molecule has 1 aliphatic heterocycles. The standard InChI is InChI=1S/C19H22N2O4S/c1-13(11-24-2)20-18(23)14-5-7-15(8-6-14)19-21(17(22)12-26-19)10-16-4-3-9-25-16/h3-9,13,19H,10-12H2,1-2H3,(H,20,23)/t13-,19-/m0/s1. The molecule has 6 nitrogen and oxygen atoms in total. The van der Waals surface area contributed by atoms with Crippen LogP contribution in [0.5, 0.6) is 0 Å². The largest absolute Gasteiger partial charge is 0.467 e. The van der Waals surface area contributed by atoms with Gasteiger partial charge in [0.2, 0.25) is 5.91 Å². The molecule has 0 bridgehead atoms. The monoisotopic (exact) mass is 374 g/mol. The number of nitrogens with zero attached hydrogens (tertiary/aromatic N) is 1. The molecule has 0 radical (unpaired) electrons. The van der Waals surface area contributed by atoms with Crippen LogP contribution in [0.3, 0.4) is 0 Å². The van der Waals surface area contributed by atoms with Crippen molar-refractivity contribution in [3.05, 3.63) is 59.5 Å². The van der Waals surface area contributed by atoms with Gasteiger partial charge < -0.3 is 19.4 Å². The van der Waals surface area contributed by atoms with E-state index in [1.807, 2.05) is 31.2 Å². The molecule has 138 valence electrons. The minimum atomic E-state index is -0.135. The first kappa shape index (κ1) is 18.5. The molecule has 26 heavy (non-hydrogen) atoms. The third-order valence-corrected chi connectivity index (χ3v) is 5.38. The number of methoxy groups -OCH3 is 1. The van der Waals surface area contributed by atoms with E-state index in [1.165, 1.54) is 0 Å².